The number of esters is 1. The van der Waals surface area contributed by atoms with Crippen LogP contribution in [0.3, 0.4) is 0 Å². The fourth-order valence-corrected chi connectivity index (χ4v) is 2.43. The van der Waals surface area contributed by atoms with Crippen molar-refractivity contribution in [3.63, 3.8) is 0 Å². The van der Waals surface area contributed by atoms with Gasteiger partial charge in [0.15, 0.2) is 0 Å². The first-order valence-corrected chi connectivity index (χ1v) is 7.60. The van der Waals surface area contributed by atoms with Gasteiger partial charge in [-0.1, -0.05) is 41.6 Å². The quantitative estimate of drug-likeness (QED) is 0.813. The lowest BCUT2D eigenvalue weighted by atomic mass is 10.2. The molecule has 0 aromatic heterocycles. The van der Waals surface area contributed by atoms with Gasteiger partial charge in [-0.25, -0.2) is 4.79 Å². The Morgan fingerprint density at radius 2 is 1.86 bits per heavy atom. The Labute approximate surface area is 128 Å². The van der Waals surface area contributed by atoms with Crippen molar-refractivity contribution in [1.82, 2.24) is 5.32 Å². The van der Waals surface area contributed by atoms with E-state index < -0.39 is 12.0 Å². The number of carbonyl (C=O) groups excluding carboxylic acids is 3. The molecule has 0 aliphatic carbocycles. The summed E-state index contributed by atoms with van der Waals surface area (Å²) >= 11 is 0.985. The van der Waals surface area contributed by atoms with Crippen LogP contribution in [-0.2, 0) is 14.3 Å². The summed E-state index contributed by atoms with van der Waals surface area (Å²) in [6.07, 6.45) is 0. The van der Waals surface area contributed by atoms with Gasteiger partial charge in [0.1, 0.15) is 6.04 Å². The average Bonchev–Trinajstić information content (AvgIpc) is 2.43. The maximum atomic E-state index is 12.0. The van der Waals surface area contributed by atoms with Crippen molar-refractivity contribution in [3.8, 4) is 0 Å². The van der Waals surface area contributed by atoms with Gasteiger partial charge in [-0.2, -0.15) is 0 Å². The molecule has 114 valence electrons. The van der Waals surface area contributed by atoms with E-state index in [-0.39, 0.29) is 23.4 Å². The largest absolute Gasteiger partial charge is 0.464 e. The van der Waals surface area contributed by atoms with Crippen LogP contribution in [0.4, 0.5) is 0 Å². The van der Waals surface area contributed by atoms with E-state index in [0.717, 1.165) is 17.3 Å². The lowest BCUT2D eigenvalue weighted by Crippen LogP contribution is -2.42. The highest BCUT2D eigenvalue weighted by Gasteiger charge is 2.22. The molecule has 1 N–H and O–H groups in total. The first-order chi connectivity index (χ1) is 9.93. The third-order valence-corrected chi connectivity index (χ3v) is 3.61. The van der Waals surface area contributed by atoms with Gasteiger partial charge in [0.25, 0.3) is 0 Å². The van der Waals surface area contributed by atoms with Crippen LogP contribution in [0.25, 0.3) is 0 Å². The summed E-state index contributed by atoms with van der Waals surface area (Å²) < 4.78 is 4.88. The van der Waals surface area contributed by atoms with Crippen LogP contribution in [-0.4, -0.2) is 35.4 Å². The van der Waals surface area contributed by atoms with Crippen molar-refractivity contribution in [2.45, 2.75) is 26.8 Å². The summed E-state index contributed by atoms with van der Waals surface area (Å²) in [6.45, 7) is 5.17. The third-order valence-electron chi connectivity index (χ3n) is 2.62. The second kappa shape index (κ2) is 8.46. The highest BCUT2D eigenvalue weighted by atomic mass is 32.2. The fraction of sp³-hybridized carbons (Fsp3) is 0.400. The van der Waals surface area contributed by atoms with E-state index in [1.165, 1.54) is 6.92 Å². The Hall–Kier alpha value is -1.82. The first-order valence-electron chi connectivity index (χ1n) is 6.61. The molecule has 5 nitrogen and oxygen atoms in total. The van der Waals surface area contributed by atoms with E-state index in [9.17, 15) is 14.4 Å². The summed E-state index contributed by atoms with van der Waals surface area (Å²) in [4.78, 5) is 34.8. The minimum absolute atomic E-state index is 0.144. The van der Waals surface area contributed by atoms with Crippen LogP contribution in [0.1, 0.15) is 29.8 Å². The number of carbonyl (C=O) groups is 3. The molecule has 0 aliphatic heterocycles. The molecule has 1 amide bonds. The molecule has 6 heteroatoms. The summed E-state index contributed by atoms with van der Waals surface area (Å²) in [5, 5.41) is 2.35. The number of hydrogen-bond donors (Lipinski definition) is 1. The number of ether oxygens (including phenoxy) is 1. The van der Waals surface area contributed by atoms with E-state index in [4.69, 9.17) is 4.74 Å². The predicted molar refractivity (Wildman–Crippen MR) is 82.2 cm³/mol. The van der Waals surface area contributed by atoms with Gasteiger partial charge in [-0.05, 0) is 13.8 Å². The predicted octanol–water partition coefficient (Wildman–Crippen LogP) is 1.94. The van der Waals surface area contributed by atoms with E-state index in [1.807, 2.05) is 19.1 Å². The molecule has 1 atom stereocenters. The van der Waals surface area contributed by atoms with Gasteiger partial charge < -0.3 is 10.1 Å². The molecular formula is C15H19NO4S. The van der Waals surface area contributed by atoms with E-state index in [0.29, 0.717) is 5.56 Å². The van der Waals surface area contributed by atoms with Crippen molar-refractivity contribution >= 4 is 28.8 Å². The molecule has 0 fully saturated rings. The van der Waals surface area contributed by atoms with Gasteiger partial charge in [-0.3, -0.25) is 9.59 Å². The molecule has 0 aliphatic rings. The molecule has 0 spiro atoms. The normalized spacial score (nSPS) is 11.6. The third kappa shape index (κ3) is 5.99. The van der Waals surface area contributed by atoms with Crippen LogP contribution in [0.5, 0.6) is 0 Å². The van der Waals surface area contributed by atoms with Gasteiger partial charge in [0.05, 0.1) is 6.61 Å². The van der Waals surface area contributed by atoms with Crippen LogP contribution in [0, 0.1) is 6.92 Å². The highest BCUT2D eigenvalue weighted by Crippen LogP contribution is 2.15. The standard InChI is InChI=1S/C15H19NO4S/c1-4-20-14(18)13(16-11(3)17)9-21-15(19)12-7-5-10(2)6-8-12/h5-8,13H,4,9H2,1-3H3,(H,16,17). The zero-order chi connectivity index (χ0) is 15.8. The molecule has 1 unspecified atom stereocenters. The number of amides is 1. The minimum atomic E-state index is -0.818. The molecule has 0 saturated carbocycles. The van der Waals surface area contributed by atoms with Crippen molar-refractivity contribution in [2.24, 2.45) is 0 Å². The van der Waals surface area contributed by atoms with E-state index >= 15 is 0 Å². The van der Waals surface area contributed by atoms with Gasteiger partial charge in [0.2, 0.25) is 11.0 Å². The van der Waals surface area contributed by atoms with Crippen LogP contribution < -0.4 is 5.32 Å². The Morgan fingerprint density at radius 3 is 2.38 bits per heavy atom. The summed E-state index contributed by atoms with van der Waals surface area (Å²) in [5.74, 6) is -0.723. The molecule has 1 aromatic carbocycles. The molecule has 0 radical (unpaired) electrons. The van der Waals surface area contributed by atoms with Gasteiger partial charge in [-0.15, -0.1) is 0 Å². The SMILES string of the molecule is CCOC(=O)C(CSC(=O)c1ccc(C)cc1)NC(C)=O. The number of benzene rings is 1. The van der Waals surface area contributed by atoms with Gasteiger partial charge in [0, 0.05) is 18.2 Å². The van der Waals surface area contributed by atoms with Crippen molar-refractivity contribution in [3.05, 3.63) is 35.4 Å². The zero-order valence-corrected chi connectivity index (χ0v) is 13.2. The fourth-order valence-electron chi connectivity index (χ4n) is 1.59. The topological polar surface area (TPSA) is 72.5 Å². The van der Waals surface area contributed by atoms with Gasteiger partial charge >= 0.3 is 5.97 Å². The second-order valence-corrected chi connectivity index (χ2v) is 5.46. The van der Waals surface area contributed by atoms with Crippen molar-refractivity contribution in [1.29, 1.82) is 0 Å². The monoisotopic (exact) mass is 309 g/mol. The first kappa shape index (κ1) is 17.2. The number of hydrogen-bond acceptors (Lipinski definition) is 5. The molecule has 0 saturated heterocycles. The number of rotatable bonds is 6. The van der Waals surface area contributed by atoms with Crippen LogP contribution >= 0.6 is 11.8 Å². The van der Waals surface area contributed by atoms with Crippen molar-refractivity contribution < 1.29 is 19.1 Å². The molecule has 0 heterocycles. The Kier molecular flexibility index (Phi) is 6.94. The number of thioether (sulfide) groups is 1. The Balaban J connectivity index is 2.63. The summed E-state index contributed by atoms with van der Waals surface area (Å²) in [7, 11) is 0. The minimum Gasteiger partial charge on any atom is -0.464 e. The maximum absolute atomic E-state index is 12.0. The van der Waals surface area contributed by atoms with E-state index in [2.05, 4.69) is 5.32 Å². The summed E-state index contributed by atoms with van der Waals surface area (Å²) in [6, 6.07) is 6.36. The Morgan fingerprint density at radius 1 is 1.24 bits per heavy atom. The molecular weight excluding hydrogens is 290 g/mol. The molecule has 1 rings (SSSR count). The second-order valence-electron chi connectivity index (χ2n) is 4.47. The van der Waals surface area contributed by atoms with E-state index in [1.54, 1.807) is 19.1 Å². The molecule has 1 aromatic rings. The highest BCUT2D eigenvalue weighted by molar-refractivity contribution is 8.14. The smallest absolute Gasteiger partial charge is 0.329 e. The maximum Gasteiger partial charge on any atom is 0.329 e. The number of aryl methyl sites for hydroxylation is 1. The molecule has 0 bridgehead atoms. The van der Waals surface area contributed by atoms with Crippen LogP contribution in [0.15, 0.2) is 24.3 Å². The number of nitrogens with one attached hydrogen (secondary N) is 1. The average molecular weight is 309 g/mol. The lowest BCUT2D eigenvalue weighted by Gasteiger charge is -2.15. The Bertz CT molecular complexity index is 513. The summed E-state index contributed by atoms with van der Waals surface area (Å²) in [5.41, 5.74) is 1.63. The lowest BCUT2D eigenvalue weighted by molar-refractivity contribution is -0.146. The molecule has 21 heavy (non-hydrogen) atoms. The van der Waals surface area contributed by atoms with Crippen molar-refractivity contribution in [2.75, 3.05) is 12.4 Å². The zero-order valence-electron chi connectivity index (χ0n) is 12.3. The van der Waals surface area contributed by atoms with Crippen LogP contribution in [0.2, 0.25) is 0 Å².